The number of hydrogen-bond donors (Lipinski definition) is 2. The van der Waals surface area contributed by atoms with Gasteiger partial charge in [0, 0.05) is 38.3 Å². The molecule has 8 nitrogen and oxygen atoms in total. The van der Waals surface area contributed by atoms with Crippen molar-refractivity contribution >= 4 is 15.9 Å². The molecule has 0 aliphatic carbocycles. The molecule has 9 heteroatoms. The summed E-state index contributed by atoms with van der Waals surface area (Å²) in [7, 11) is -1.81. The van der Waals surface area contributed by atoms with Gasteiger partial charge in [-0.1, -0.05) is 0 Å². The van der Waals surface area contributed by atoms with Crippen molar-refractivity contribution in [2.45, 2.75) is 24.2 Å². The predicted molar refractivity (Wildman–Crippen MR) is 95.7 cm³/mol. The van der Waals surface area contributed by atoms with E-state index in [1.807, 2.05) is 19.3 Å². The minimum Gasteiger partial charge on any atom is -0.352 e. The maximum Gasteiger partial charge on any atom is 0.251 e. The van der Waals surface area contributed by atoms with Gasteiger partial charge in [0.05, 0.1) is 17.2 Å². The van der Waals surface area contributed by atoms with Crippen LogP contribution in [0.2, 0.25) is 0 Å². The van der Waals surface area contributed by atoms with Gasteiger partial charge in [0.15, 0.2) is 0 Å². The smallest absolute Gasteiger partial charge is 0.251 e. The molecular weight excluding hydrogens is 354 g/mol. The van der Waals surface area contributed by atoms with Crippen LogP contribution in [0.4, 0.5) is 0 Å². The summed E-state index contributed by atoms with van der Waals surface area (Å²) < 4.78 is 28.1. The summed E-state index contributed by atoms with van der Waals surface area (Å²) in [5, 5.41) is 15.3. The van der Waals surface area contributed by atoms with Crippen LogP contribution in [0.25, 0.3) is 0 Å². The van der Waals surface area contributed by atoms with E-state index in [4.69, 9.17) is 5.26 Å². The number of nitriles is 1. The van der Waals surface area contributed by atoms with E-state index in [1.165, 1.54) is 24.3 Å². The standard InChI is InChI=1S/C17H21N5O3S/c1-22-13-14(12-20-22)4-2-10-19-17(23)15-5-7-16(8-6-15)26(24,25)21-11-3-9-18/h5-8,12-13,21H,2-4,10-11H2,1H3,(H,19,23). The number of nitrogens with one attached hydrogen (secondary N) is 2. The average Bonchev–Trinajstić information content (AvgIpc) is 3.04. The summed E-state index contributed by atoms with van der Waals surface area (Å²) in [6.45, 7) is 0.571. The molecule has 26 heavy (non-hydrogen) atoms. The molecule has 1 amide bonds. The van der Waals surface area contributed by atoms with E-state index in [0.717, 1.165) is 18.4 Å². The van der Waals surface area contributed by atoms with E-state index < -0.39 is 10.0 Å². The van der Waals surface area contributed by atoms with Gasteiger partial charge in [0.25, 0.3) is 5.91 Å². The molecule has 138 valence electrons. The first-order valence-electron chi connectivity index (χ1n) is 8.15. The van der Waals surface area contributed by atoms with Crippen molar-refractivity contribution in [1.82, 2.24) is 19.8 Å². The van der Waals surface area contributed by atoms with Gasteiger partial charge in [-0.15, -0.1) is 0 Å². The third-order valence-electron chi connectivity index (χ3n) is 3.64. The SMILES string of the molecule is Cn1cc(CCCNC(=O)c2ccc(S(=O)(=O)NCCC#N)cc2)cn1. The first-order valence-corrected chi connectivity index (χ1v) is 9.63. The Labute approximate surface area is 152 Å². The van der Waals surface area contributed by atoms with Crippen LogP contribution in [0.5, 0.6) is 0 Å². The predicted octanol–water partition coefficient (Wildman–Crippen LogP) is 0.975. The van der Waals surface area contributed by atoms with Gasteiger partial charge in [-0.25, -0.2) is 13.1 Å². The number of hydrogen-bond acceptors (Lipinski definition) is 5. The molecule has 1 aromatic heterocycles. The third kappa shape index (κ3) is 5.68. The molecule has 0 saturated carbocycles. The molecule has 0 fully saturated rings. The normalized spacial score (nSPS) is 11.1. The first kappa shape index (κ1) is 19.6. The summed E-state index contributed by atoms with van der Waals surface area (Å²) in [4.78, 5) is 12.2. The number of rotatable bonds is 9. The van der Waals surface area contributed by atoms with Crippen molar-refractivity contribution in [3.8, 4) is 6.07 Å². The Morgan fingerprint density at radius 3 is 2.62 bits per heavy atom. The van der Waals surface area contributed by atoms with E-state index in [-0.39, 0.29) is 23.8 Å². The fraction of sp³-hybridized carbons (Fsp3) is 0.353. The number of amides is 1. The molecule has 2 rings (SSSR count). The lowest BCUT2D eigenvalue weighted by molar-refractivity contribution is 0.0953. The fourth-order valence-electron chi connectivity index (χ4n) is 2.31. The fourth-order valence-corrected chi connectivity index (χ4v) is 3.34. The molecule has 0 bridgehead atoms. The van der Waals surface area contributed by atoms with E-state index in [1.54, 1.807) is 10.9 Å². The number of benzene rings is 1. The van der Waals surface area contributed by atoms with Crippen molar-refractivity contribution in [3.63, 3.8) is 0 Å². The lowest BCUT2D eigenvalue weighted by atomic mass is 10.2. The van der Waals surface area contributed by atoms with Crippen LogP contribution in [-0.4, -0.2) is 37.2 Å². The molecule has 0 unspecified atom stereocenters. The Balaban J connectivity index is 1.83. The van der Waals surface area contributed by atoms with Gasteiger partial charge in [-0.2, -0.15) is 10.4 Å². The van der Waals surface area contributed by atoms with Crippen molar-refractivity contribution in [2.24, 2.45) is 7.05 Å². The molecule has 2 aromatic rings. The number of nitrogens with zero attached hydrogens (tertiary/aromatic N) is 3. The molecule has 2 N–H and O–H groups in total. The van der Waals surface area contributed by atoms with Gasteiger partial charge >= 0.3 is 0 Å². The molecule has 1 aromatic carbocycles. The summed E-state index contributed by atoms with van der Waals surface area (Å²) in [5.74, 6) is -0.252. The van der Waals surface area contributed by atoms with Crippen LogP contribution in [0.15, 0.2) is 41.6 Å². The zero-order valence-electron chi connectivity index (χ0n) is 14.5. The van der Waals surface area contributed by atoms with Gasteiger partial charge < -0.3 is 5.32 Å². The molecule has 0 aliphatic rings. The number of carbonyl (C=O) groups is 1. The highest BCUT2D eigenvalue weighted by Gasteiger charge is 2.14. The number of carbonyl (C=O) groups excluding carboxylic acids is 1. The molecule has 0 saturated heterocycles. The molecule has 0 aliphatic heterocycles. The second-order valence-corrected chi connectivity index (χ2v) is 7.48. The highest BCUT2D eigenvalue weighted by atomic mass is 32.2. The highest BCUT2D eigenvalue weighted by Crippen LogP contribution is 2.10. The Kier molecular flexibility index (Phi) is 6.89. The zero-order chi connectivity index (χ0) is 19.0. The van der Waals surface area contributed by atoms with Crippen LogP contribution < -0.4 is 10.0 Å². The molecule has 0 radical (unpaired) electrons. The maximum atomic E-state index is 12.1. The summed E-state index contributed by atoms with van der Waals surface area (Å²) >= 11 is 0. The van der Waals surface area contributed by atoms with Crippen LogP contribution in [0.3, 0.4) is 0 Å². The van der Waals surface area contributed by atoms with Crippen molar-refractivity contribution in [2.75, 3.05) is 13.1 Å². The number of aryl methyl sites for hydroxylation is 2. The number of sulfonamides is 1. The molecule has 0 atom stereocenters. The Morgan fingerprint density at radius 1 is 1.27 bits per heavy atom. The monoisotopic (exact) mass is 375 g/mol. The van der Waals surface area contributed by atoms with E-state index >= 15 is 0 Å². The summed E-state index contributed by atoms with van der Waals surface area (Å²) in [6, 6.07) is 7.55. The molecular formula is C17H21N5O3S. The lowest BCUT2D eigenvalue weighted by Gasteiger charge is -2.07. The van der Waals surface area contributed by atoms with Gasteiger partial charge in [0.1, 0.15) is 0 Å². The topological polar surface area (TPSA) is 117 Å². The van der Waals surface area contributed by atoms with Crippen LogP contribution >= 0.6 is 0 Å². The van der Waals surface area contributed by atoms with Crippen LogP contribution in [0, 0.1) is 11.3 Å². The lowest BCUT2D eigenvalue weighted by Crippen LogP contribution is -2.26. The van der Waals surface area contributed by atoms with E-state index in [9.17, 15) is 13.2 Å². The van der Waals surface area contributed by atoms with Gasteiger partial charge in [-0.05, 0) is 42.7 Å². The van der Waals surface area contributed by atoms with Crippen LogP contribution in [-0.2, 0) is 23.5 Å². The Hall–Kier alpha value is -2.70. The second kappa shape index (κ2) is 9.12. The van der Waals surface area contributed by atoms with Gasteiger partial charge in [0.2, 0.25) is 10.0 Å². The number of aromatic nitrogens is 2. The first-order chi connectivity index (χ1) is 12.4. The van der Waals surface area contributed by atoms with Gasteiger partial charge in [-0.3, -0.25) is 9.48 Å². The minimum atomic E-state index is -3.67. The largest absolute Gasteiger partial charge is 0.352 e. The highest BCUT2D eigenvalue weighted by molar-refractivity contribution is 7.89. The second-order valence-electron chi connectivity index (χ2n) is 5.71. The van der Waals surface area contributed by atoms with Crippen molar-refractivity contribution in [1.29, 1.82) is 5.26 Å². The quantitative estimate of drug-likeness (QED) is 0.634. The van der Waals surface area contributed by atoms with E-state index in [2.05, 4.69) is 15.1 Å². The zero-order valence-corrected chi connectivity index (χ0v) is 15.3. The maximum absolute atomic E-state index is 12.1. The molecule has 1 heterocycles. The molecule has 0 spiro atoms. The van der Waals surface area contributed by atoms with Crippen LogP contribution in [0.1, 0.15) is 28.8 Å². The minimum absolute atomic E-state index is 0.0536. The summed E-state index contributed by atoms with van der Waals surface area (Å²) in [5.41, 5.74) is 1.50. The van der Waals surface area contributed by atoms with E-state index in [0.29, 0.717) is 12.1 Å². The Bertz CT molecular complexity index is 882. The third-order valence-corrected chi connectivity index (χ3v) is 5.12. The average molecular weight is 375 g/mol. The Morgan fingerprint density at radius 2 is 2.00 bits per heavy atom. The summed E-state index contributed by atoms with van der Waals surface area (Å²) in [6.07, 6.45) is 5.43. The van der Waals surface area contributed by atoms with Crippen molar-refractivity contribution in [3.05, 3.63) is 47.8 Å². The van der Waals surface area contributed by atoms with Crippen molar-refractivity contribution < 1.29 is 13.2 Å².